The van der Waals surface area contributed by atoms with Crippen molar-refractivity contribution in [1.29, 1.82) is 0 Å². The minimum atomic E-state index is -0.596. The number of nitrogens with one attached hydrogen (secondary N) is 1. The van der Waals surface area contributed by atoms with Crippen molar-refractivity contribution in [2.24, 2.45) is 5.92 Å². The van der Waals surface area contributed by atoms with Gasteiger partial charge in [0, 0.05) is 11.4 Å². The standard InChI is InChI=1S/C13H16BrClFNO/c1-8(2)11(6-7-14)17-13(18)12-9(15)4-3-5-10(12)16/h3-5,8,11H,6-7H2,1-2H3,(H,17,18). The van der Waals surface area contributed by atoms with Crippen LogP contribution in [0.25, 0.3) is 0 Å². The molecule has 0 heterocycles. The summed E-state index contributed by atoms with van der Waals surface area (Å²) in [6.07, 6.45) is 0.787. The molecule has 100 valence electrons. The largest absolute Gasteiger partial charge is 0.349 e. The Kier molecular flexibility index (Phi) is 6.09. The van der Waals surface area contributed by atoms with Crippen molar-refractivity contribution in [3.05, 3.63) is 34.6 Å². The van der Waals surface area contributed by atoms with E-state index in [0.717, 1.165) is 11.8 Å². The molecule has 0 spiro atoms. The lowest BCUT2D eigenvalue weighted by molar-refractivity contribution is 0.0921. The molecule has 5 heteroatoms. The van der Waals surface area contributed by atoms with Crippen LogP contribution >= 0.6 is 27.5 Å². The van der Waals surface area contributed by atoms with Crippen molar-refractivity contribution < 1.29 is 9.18 Å². The van der Waals surface area contributed by atoms with E-state index in [-0.39, 0.29) is 22.5 Å². The van der Waals surface area contributed by atoms with Crippen LogP contribution in [0.2, 0.25) is 5.02 Å². The highest BCUT2D eigenvalue weighted by atomic mass is 79.9. The van der Waals surface area contributed by atoms with Gasteiger partial charge in [-0.25, -0.2) is 4.39 Å². The molecule has 0 aliphatic carbocycles. The van der Waals surface area contributed by atoms with Crippen LogP contribution in [0.1, 0.15) is 30.6 Å². The summed E-state index contributed by atoms with van der Waals surface area (Å²) in [7, 11) is 0. The van der Waals surface area contributed by atoms with Gasteiger partial charge < -0.3 is 5.32 Å². The van der Waals surface area contributed by atoms with Crippen molar-refractivity contribution in [2.75, 3.05) is 5.33 Å². The second kappa shape index (κ2) is 7.10. The average molecular weight is 337 g/mol. The van der Waals surface area contributed by atoms with Gasteiger partial charge in [0.15, 0.2) is 0 Å². The molecule has 1 N–H and O–H groups in total. The molecule has 0 bridgehead atoms. The van der Waals surface area contributed by atoms with E-state index in [9.17, 15) is 9.18 Å². The highest BCUT2D eigenvalue weighted by Gasteiger charge is 2.20. The summed E-state index contributed by atoms with van der Waals surface area (Å²) in [6, 6.07) is 4.21. The third-order valence-electron chi connectivity index (χ3n) is 2.73. The van der Waals surface area contributed by atoms with Crippen LogP contribution in [0.4, 0.5) is 4.39 Å². The molecule has 0 radical (unpaired) electrons. The summed E-state index contributed by atoms with van der Waals surface area (Å²) >= 11 is 9.20. The van der Waals surface area contributed by atoms with Crippen molar-refractivity contribution in [3.63, 3.8) is 0 Å². The molecule has 1 unspecified atom stereocenters. The summed E-state index contributed by atoms with van der Waals surface area (Å²) in [4.78, 5) is 12.0. The van der Waals surface area contributed by atoms with Crippen LogP contribution < -0.4 is 5.32 Å². The summed E-state index contributed by atoms with van der Waals surface area (Å²) in [5.74, 6) is -0.781. The molecule has 0 aliphatic heterocycles. The fraction of sp³-hybridized carbons (Fsp3) is 0.462. The minimum Gasteiger partial charge on any atom is -0.349 e. The van der Waals surface area contributed by atoms with Crippen LogP contribution in [0.3, 0.4) is 0 Å². The Bertz CT molecular complexity index is 405. The van der Waals surface area contributed by atoms with Gasteiger partial charge in [-0.2, -0.15) is 0 Å². The summed E-state index contributed by atoms with van der Waals surface area (Å²) in [5, 5.41) is 3.73. The number of carbonyl (C=O) groups excluding carboxylic acids is 1. The lowest BCUT2D eigenvalue weighted by Crippen LogP contribution is -2.39. The van der Waals surface area contributed by atoms with Crippen LogP contribution in [0.5, 0.6) is 0 Å². The van der Waals surface area contributed by atoms with E-state index < -0.39 is 11.7 Å². The number of hydrogen-bond donors (Lipinski definition) is 1. The Hall–Kier alpha value is -0.610. The number of alkyl halides is 1. The van der Waals surface area contributed by atoms with Crippen molar-refractivity contribution >= 4 is 33.4 Å². The maximum Gasteiger partial charge on any atom is 0.256 e. The van der Waals surface area contributed by atoms with Crippen molar-refractivity contribution in [3.8, 4) is 0 Å². The van der Waals surface area contributed by atoms with E-state index in [1.165, 1.54) is 18.2 Å². The summed E-state index contributed by atoms with van der Waals surface area (Å²) < 4.78 is 13.6. The van der Waals surface area contributed by atoms with E-state index in [4.69, 9.17) is 11.6 Å². The Morgan fingerprint density at radius 2 is 2.17 bits per heavy atom. The molecule has 1 amide bonds. The zero-order valence-electron chi connectivity index (χ0n) is 10.3. The Labute approximate surface area is 120 Å². The van der Waals surface area contributed by atoms with Crippen LogP contribution in [0.15, 0.2) is 18.2 Å². The highest BCUT2D eigenvalue weighted by Crippen LogP contribution is 2.19. The van der Waals surface area contributed by atoms with Gasteiger partial charge in [0.05, 0.1) is 10.6 Å². The molecule has 1 aromatic carbocycles. The molecule has 0 fully saturated rings. The fourth-order valence-corrected chi connectivity index (χ4v) is 2.39. The number of halogens is 3. The topological polar surface area (TPSA) is 29.1 Å². The molecule has 2 nitrogen and oxygen atoms in total. The van der Waals surface area contributed by atoms with E-state index in [2.05, 4.69) is 21.2 Å². The van der Waals surface area contributed by atoms with Gasteiger partial charge in [-0.3, -0.25) is 4.79 Å². The number of benzene rings is 1. The maximum atomic E-state index is 13.6. The first-order valence-electron chi connectivity index (χ1n) is 5.78. The Morgan fingerprint density at radius 3 is 2.67 bits per heavy atom. The normalized spacial score (nSPS) is 12.6. The Balaban J connectivity index is 2.87. The number of hydrogen-bond acceptors (Lipinski definition) is 1. The zero-order chi connectivity index (χ0) is 13.7. The first-order chi connectivity index (χ1) is 8.47. The highest BCUT2D eigenvalue weighted by molar-refractivity contribution is 9.09. The van der Waals surface area contributed by atoms with Crippen LogP contribution in [-0.2, 0) is 0 Å². The third kappa shape index (κ3) is 3.95. The second-order valence-electron chi connectivity index (χ2n) is 4.40. The van der Waals surface area contributed by atoms with E-state index >= 15 is 0 Å². The van der Waals surface area contributed by atoms with Gasteiger partial charge in [0.1, 0.15) is 5.82 Å². The zero-order valence-corrected chi connectivity index (χ0v) is 12.7. The van der Waals surface area contributed by atoms with Gasteiger partial charge in [-0.05, 0) is 24.5 Å². The maximum absolute atomic E-state index is 13.6. The SMILES string of the molecule is CC(C)C(CCBr)NC(=O)c1c(F)cccc1Cl. The third-order valence-corrected chi connectivity index (χ3v) is 3.50. The first kappa shape index (κ1) is 15.4. The first-order valence-corrected chi connectivity index (χ1v) is 7.28. The van der Waals surface area contributed by atoms with Gasteiger partial charge in [0.2, 0.25) is 0 Å². The van der Waals surface area contributed by atoms with Crippen molar-refractivity contribution in [1.82, 2.24) is 5.32 Å². The van der Waals surface area contributed by atoms with Crippen LogP contribution in [0, 0.1) is 11.7 Å². The number of carbonyl (C=O) groups is 1. The summed E-state index contributed by atoms with van der Waals surface area (Å²) in [5.41, 5.74) is -0.0839. The molecule has 0 aromatic heterocycles. The predicted molar refractivity (Wildman–Crippen MR) is 75.9 cm³/mol. The molecule has 0 saturated carbocycles. The van der Waals surface area contributed by atoms with E-state index in [1.54, 1.807) is 0 Å². The smallest absolute Gasteiger partial charge is 0.256 e. The minimum absolute atomic E-state index is 0.00690. The fourth-order valence-electron chi connectivity index (χ4n) is 1.65. The van der Waals surface area contributed by atoms with Gasteiger partial charge >= 0.3 is 0 Å². The summed E-state index contributed by atoms with van der Waals surface area (Å²) in [6.45, 7) is 4.02. The lowest BCUT2D eigenvalue weighted by Gasteiger charge is -2.21. The molecular weight excluding hydrogens is 321 g/mol. The average Bonchev–Trinajstić information content (AvgIpc) is 2.28. The molecule has 18 heavy (non-hydrogen) atoms. The van der Waals surface area contributed by atoms with E-state index in [1.807, 2.05) is 13.8 Å². The van der Waals surface area contributed by atoms with Gasteiger partial charge in [0.25, 0.3) is 5.91 Å². The number of amides is 1. The van der Waals surface area contributed by atoms with Crippen molar-refractivity contribution in [2.45, 2.75) is 26.3 Å². The monoisotopic (exact) mass is 335 g/mol. The quantitative estimate of drug-likeness (QED) is 0.809. The number of rotatable bonds is 5. The lowest BCUT2D eigenvalue weighted by atomic mass is 10.0. The molecule has 1 atom stereocenters. The predicted octanol–water partition coefficient (Wildman–Crippen LogP) is 4.02. The molecule has 1 aromatic rings. The van der Waals surface area contributed by atoms with Gasteiger partial charge in [-0.15, -0.1) is 0 Å². The molecule has 0 saturated heterocycles. The molecular formula is C13H16BrClFNO. The van der Waals surface area contributed by atoms with E-state index in [0.29, 0.717) is 0 Å². The van der Waals surface area contributed by atoms with Crippen LogP contribution in [-0.4, -0.2) is 17.3 Å². The molecule has 0 aliphatic rings. The Morgan fingerprint density at radius 1 is 1.50 bits per heavy atom. The molecule has 1 rings (SSSR count). The van der Waals surface area contributed by atoms with Gasteiger partial charge in [-0.1, -0.05) is 47.4 Å². The second-order valence-corrected chi connectivity index (χ2v) is 5.60.